The Bertz CT molecular complexity index is 305. The molecular weight excluding hydrogens is 260 g/mol. The lowest BCUT2D eigenvalue weighted by molar-refractivity contribution is -0.173. The van der Waals surface area contributed by atoms with Gasteiger partial charge in [0.25, 0.3) is 0 Å². The van der Waals surface area contributed by atoms with Crippen LogP contribution in [0, 0.1) is 17.8 Å². The first kappa shape index (κ1) is 17.4. The third-order valence-corrected chi connectivity index (χ3v) is 4.16. The van der Waals surface area contributed by atoms with Crippen LogP contribution in [0.15, 0.2) is 0 Å². The number of hydrogen-bond acceptors (Lipinski definition) is 5. The van der Waals surface area contributed by atoms with Crippen molar-refractivity contribution in [2.75, 3.05) is 13.2 Å². The van der Waals surface area contributed by atoms with E-state index in [0.29, 0.717) is 18.8 Å². The molecule has 5 unspecified atom stereocenters. The van der Waals surface area contributed by atoms with E-state index < -0.39 is 12.1 Å². The number of ether oxygens (including phenoxy) is 2. The van der Waals surface area contributed by atoms with Crippen molar-refractivity contribution in [3.8, 4) is 0 Å². The molecule has 5 nitrogen and oxygen atoms in total. The van der Waals surface area contributed by atoms with Crippen molar-refractivity contribution in [2.24, 2.45) is 17.8 Å². The van der Waals surface area contributed by atoms with Crippen LogP contribution in [-0.2, 0) is 14.3 Å². The third kappa shape index (κ3) is 4.43. The molecule has 0 heterocycles. The third-order valence-electron chi connectivity index (χ3n) is 4.16. The van der Waals surface area contributed by atoms with Gasteiger partial charge in [-0.2, -0.15) is 0 Å². The maximum Gasteiger partial charge on any atom is 0.337 e. The fraction of sp³-hybridized carbons (Fsp3) is 0.933. The van der Waals surface area contributed by atoms with E-state index in [-0.39, 0.29) is 37.3 Å². The van der Waals surface area contributed by atoms with Gasteiger partial charge in [0.15, 0.2) is 6.10 Å². The van der Waals surface area contributed by atoms with Gasteiger partial charge >= 0.3 is 5.97 Å². The first-order valence-electron chi connectivity index (χ1n) is 7.51. The molecule has 0 radical (unpaired) electrons. The molecule has 5 heteroatoms. The van der Waals surface area contributed by atoms with Crippen molar-refractivity contribution in [2.45, 2.75) is 58.8 Å². The second-order valence-electron chi connectivity index (χ2n) is 6.02. The minimum atomic E-state index is -0.927. The Morgan fingerprint density at radius 1 is 1.35 bits per heavy atom. The molecule has 1 fully saturated rings. The average molecular weight is 288 g/mol. The number of hydrogen-bond donors (Lipinski definition) is 2. The summed E-state index contributed by atoms with van der Waals surface area (Å²) in [6, 6.07) is 0. The molecule has 0 aromatic carbocycles. The average Bonchev–Trinajstić information content (AvgIpc) is 2.39. The number of rotatable bonds is 6. The number of esters is 1. The summed E-state index contributed by atoms with van der Waals surface area (Å²) in [4.78, 5) is 11.7. The second-order valence-corrected chi connectivity index (χ2v) is 6.02. The van der Waals surface area contributed by atoms with Crippen LogP contribution in [0.1, 0.15) is 40.5 Å². The van der Waals surface area contributed by atoms with E-state index in [4.69, 9.17) is 9.47 Å². The smallest absolute Gasteiger partial charge is 0.337 e. The summed E-state index contributed by atoms with van der Waals surface area (Å²) in [6.07, 6.45) is -0.0132. The van der Waals surface area contributed by atoms with Crippen LogP contribution in [0.4, 0.5) is 0 Å². The highest BCUT2D eigenvalue weighted by Crippen LogP contribution is 2.36. The second kappa shape index (κ2) is 7.96. The Morgan fingerprint density at radius 2 is 2.00 bits per heavy atom. The minimum absolute atomic E-state index is 0.130. The summed E-state index contributed by atoms with van der Waals surface area (Å²) in [6.45, 7) is 7.77. The first-order chi connectivity index (χ1) is 9.40. The molecule has 0 aliphatic heterocycles. The summed E-state index contributed by atoms with van der Waals surface area (Å²) in [5, 5.41) is 19.3. The fourth-order valence-corrected chi connectivity index (χ4v) is 2.84. The van der Waals surface area contributed by atoms with Gasteiger partial charge in [-0.15, -0.1) is 0 Å². The number of carbonyl (C=O) groups is 1. The van der Waals surface area contributed by atoms with Crippen molar-refractivity contribution in [1.82, 2.24) is 0 Å². The molecule has 0 amide bonds. The van der Waals surface area contributed by atoms with Crippen molar-refractivity contribution in [3.63, 3.8) is 0 Å². The van der Waals surface area contributed by atoms with Gasteiger partial charge in [-0.25, -0.2) is 4.79 Å². The lowest BCUT2D eigenvalue weighted by Crippen LogP contribution is -2.45. The Kier molecular flexibility index (Phi) is 6.92. The minimum Gasteiger partial charge on any atom is -0.464 e. The van der Waals surface area contributed by atoms with Crippen LogP contribution in [0.2, 0.25) is 0 Å². The highest BCUT2D eigenvalue weighted by Gasteiger charge is 2.38. The van der Waals surface area contributed by atoms with Gasteiger partial charge in [0.05, 0.1) is 25.4 Å². The highest BCUT2D eigenvalue weighted by molar-refractivity contribution is 5.74. The molecule has 1 saturated carbocycles. The van der Waals surface area contributed by atoms with Crippen molar-refractivity contribution in [1.29, 1.82) is 0 Å². The lowest BCUT2D eigenvalue weighted by Gasteiger charge is -2.40. The molecule has 0 aromatic heterocycles. The van der Waals surface area contributed by atoms with Gasteiger partial charge in [-0.05, 0) is 37.5 Å². The largest absolute Gasteiger partial charge is 0.464 e. The summed E-state index contributed by atoms with van der Waals surface area (Å²) in [5.74, 6) is 0.154. The molecule has 2 N–H and O–H groups in total. The SMILES string of the molecule is CCOC(=O)C(CO)OC1CC(C)C(O)CC1C(C)C. The quantitative estimate of drug-likeness (QED) is 0.722. The molecule has 0 bridgehead atoms. The van der Waals surface area contributed by atoms with Crippen LogP contribution in [-0.4, -0.2) is 47.7 Å². The molecule has 0 saturated heterocycles. The van der Waals surface area contributed by atoms with Crippen LogP contribution in [0.3, 0.4) is 0 Å². The Morgan fingerprint density at radius 3 is 2.50 bits per heavy atom. The lowest BCUT2D eigenvalue weighted by atomic mass is 9.74. The standard InChI is InChI=1S/C15H28O5/c1-5-19-15(18)14(8-16)20-13-6-10(4)12(17)7-11(13)9(2)3/h9-14,16-17H,5-8H2,1-4H3. The Labute approximate surface area is 121 Å². The van der Waals surface area contributed by atoms with Crippen LogP contribution >= 0.6 is 0 Å². The zero-order valence-corrected chi connectivity index (χ0v) is 12.9. The topological polar surface area (TPSA) is 76.0 Å². The van der Waals surface area contributed by atoms with E-state index in [1.165, 1.54) is 0 Å². The van der Waals surface area contributed by atoms with Crippen molar-refractivity contribution < 1.29 is 24.5 Å². The molecular formula is C15H28O5. The molecule has 20 heavy (non-hydrogen) atoms. The van der Waals surface area contributed by atoms with Crippen LogP contribution < -0.4 is 0 Å². The van der Waals surface area contributed by atoms with E-state index in [2.05, 4.69) is 13.8 Å². The summed E-state index contributed by atoms with van der Waals surface area (Å²) < 4.78 is 10.7. The van der Waals surface area contributed by atoms with Crippen molar-refractivity contribution in [3.05, 3.63) is 0 Å². The zero-order valence-electron chi connectivity index (χ0n) is 12.9. The van der Waals surface area contributed by atoms with E-state index in [1.807, 2.05) is 6.92 Å². The number of aliphatic hydroxyl groups excluding tert-OH is 2. The van der Waals surface area contributed by atoms with E-state index in [1.54, 1.807) is 6.92 Å². The van der Waals surface area contributed by atoms with Crippen molar-refractivity contribution >= 4 is 5.97 Å². The maximum absolute atomic E-state index is 11.7. The molecule has 5 atom stereocenters. The maximum atomic E-state index is 11.7. The molecule has 1 aliphatic carbocycles. The highest BCUT2D eigenvalue weighted by atomic mass is 16.6. The summed E-state index contributed by atoms with van der Waals surface area (Å²) >= 11 is 0. The zero-order chi connectivity index (χ0) is 15.3. The molecule has 0 spiro atoms. The monoisotopic (exact) mass is 288 g/mol. The van der Waals surface area contributed by atoms with Gasteiger partial charge in [0, 0.05) is 0 Å². The van der Waals surface area contributed by atoms with E-state index in [0.717, 1.165) is 0 Å². The molecule has 118 valence electrons. The van der Waals surface area contributed by atoms with Gasteiger partial charge in [-0.1, -0.05) is 20.8 Å². The van der Waals surface area contributed by atoms with Gasteiger partial charge < -0.3 is 19.7 Å². The number of carbonyl (C=O) groups excluding carboxylic acids is 1. The predicted octanol–water partition coefficient (Wildman–Crippen LogP) is 1.36. The summed E-state index contributed by atoms with van der Waals surface area (Å²) in [5.41, 5.74) is 0. The Hall–Kier alpha value is -0.650. The van der Waals surface area contributed by atoms with Crippen LogP contribution in [0.25, 0.3) is 0 Å². The summed E-state index contributed by atoms with van der Waals surface area (Å²) in [7, 11) is 0. The van der Waals surface area contributed by atoms with Gasteiger partial charge in [0.1, 0.15) is 0 Å². The molecule has 1 aliphatic rings. The molecule has 0 aromatic rings. The van der Waals surface area contributed by atoms with Gasteiger partial charge in [-0.3, -0.25) is 0 Å². The predicted molar refractivity (Wildman–Crippen MR) is 75.1 cm³/mol. The molecule has 1 rings (SSSR count). The van der Waals surface area contributed by atoms with Gasteiger partial charge in [0.2, 0.25) is 0 Å². The fourth-order valence-electron chi connectivity index (χ4n) is 2.84. The van der Waals surface area contributed by atoms with E-state index >= 15 is 0 Å². The van der Waals surface area contributed by atoms with E-state index in [9.17, 15) is 15.0 Å². The normalized spacial score (nSPS) is 32.1. The number of aliphatic hydroxyl groups is 2. The Balaban J connectivity index is 2.72. The van der Waals surface area contributed by atoms with Crippen LogP contribution in [0.5, 0.6) is 0 Å². The first-order valence-corrected chi connectivity index (χ1v) is 7.51.